The average molecular weight is 280 g/mol. The van der Waals surface area contributed by atoms with Crippen LogP contribution in [0.25, 0.3) is 11.1 Å². The Hall–Kier alpha value is -2.15. The van der Waals surface area contributed by atoms with Crippen LogP contribution < -0.4 is 11.1 Å². The van der Waals surface area contributed by atoms with E-state index >= 15 is 0 Å². The molecule has 0 saturated carbocycles. The van der Waals surface area contributed by atoms with Crippen molar-refractivity contribution in [3.8, 4) is 0 Å². The van der Waals surface area contributed by atoms with Crippen LogP contribution in [0.4, 0.5) is 5.69 Å². The van der Waals surface area contributed by atoms with E-state index in [-0.39, 0.29) is 11.3 Å². The first-order valence-corrected chi connectivity index (χ1v) is 6.73. The van der Waals surface area contributed by atoms with Crippen molar-refractivity contribution in [3.63, 3.8) is 0 Å². The maximum Gasteiger partial charge on any atom is 0.424 e. The first-order valence-electron chi connectivity index (χ1n) is 6.73. The summed E-state index contributed by atoms with van der Waals surface area (Å²) >= 11 is 0. The topological polar surface area (TPSA) is 94.9 Å². The molecule has 0 saturated heterocycles. The number of hydrogen-bond donors (Lipinski definition) is 1. The van der Waals surface area contributed by atoms with Gasteiger partial charge >= 0.3 is 5.76 Å². The SMILES string of the molecule is CCCCC[NH2+]Cn1c(=O)oc2cc([N+](=O)[O-])ccc21. The molecule has 0 aliphatic heterocycles. The number of fused-ring (bicyclic) bond motifs is 1. The van der Waals surface area contributed by atoms with Crippen LogP contribution in [0.2, 0.25) is 0 Å². The third-order valence-electron chi connectivity index (χ3n) is 3.19. The van der Waals surface area contributed by atoms with Gasteiger partial charge in [0.25, 0.3) is 5.69 Å². The number of rotatable bonds is 7. The zero-order valence-corrected chi connectivity index (χ0v) is 11.4. The van der Waals surface area contributed by atoms with Gasteiger partial charge in [0.2, 0.25) is 0 Å². The molecular formula is C13H18N3O4+. The van der Waals surface area contributed by atoms with Crippen LogP contribution in [0.1, 0.15) is 26.2 Å². The summed E-state index contributed by atoms with van der Waals surface area (Å²) in [6.07, 6.45) is 3.43. The highest BCUT2D eigenvalue weighted by Crippen LogP contribution is 2.19. The van der Waals surface area contributed by atoms with Crippen molar-refractivity contribution < 1.29 is 14.7 Å². The van der Waals surface area contributed by atoms with Crippen molar-refractivity contribution in [2.75, 3.05) is 6.54 Å². The summed E-state index contributed by atoms with van der Waals surface area (Å²) in [5, 5.41) is 12.7. The Morgan fingerprint density at radius 1 is 1.40 bits per heavy atom. The van der Waals surface area contributed by atoms with Crippen LogP contribution >= 0.6 is 0 Å². The molecule has 1 heterocycles. The lowest BCUT2D eigenvalue weighted by Gasteiger charge is -2.01. The lowest BCUT2D eigenvalue weighted by atomic mass is 10.2. The number of quaternary nitrogens is 1. The van der Waals surface area contributed by atoms with Crippen molar-refractivity contribution in [3.05, 3.63) is 38.9 Å². The van der Waals surface area contributed by atoms with Crippen molar-refractivity contribution >= 4 is 16.8 Å². The Morgan fingerprint density at radius 2 is 2.20 bits per heavy atom. The molecule has 1 aromatic heterocycles. The highest BCUT2D eigenvalue weighted by molar-refractivity contribution is 5.75. The standard InChI is InChI=1S/C13H17N3O4/c1-2-3-4-7-14-9-15-11-6-5-10(16(18)19)8-12(11)20-13(15)17/h5-6,8,14H,2-4,7,9H2,1H3/p+1. The molecule has 0 aliphatic carbocycles. The van der Waals surface area contributed by atoms with E-state index in [2.05, 4.69) is 6.92 Å². The van der Waals surface area contributed by atoms with Crippen molar-refractivity contribution in [2.24, 2.45) is 0 Å². The zero-order valence-electron chi connectivity index (χ0n) is 11.4. The lowest BCUT2D eigenvalue weighted by molar-refractivity contribution is -0.684. The summed E-state index contributed by atoms with van der Waals surface area (Å²) in [4.78, 5) is 21.9. The van der Waals surface area contributed by atoms with Crippen LogP contribution in [0.15, 0.2) is 27.4 Å². The van der Waals surface area contributed by atoms with Crippen molar-refractivity contribution in [2.45, 2.75) is 32.9 Å². The van der Waals surface area contributed by atoms with Crippen LogP contribution in [0.3, 0.4) is 0 Å². The molecule has 0 amide bonds. The molecule has 0 bridgehead atoms. The first-order chi connectivity index (χ1) is 9.63. The average Bonchev–Trinajstić information content (AvgIpc) is 2.73. The molecule has 0 spiro atoms. The molecule has 0 fully saturated rings. The molecule has 7 nitrogen and oxygen atoms in total. The second-order valence-corrected chi connectivity index (χ2v) is 4.67. The predicted molar refractivity (Wildman–Crippen MR) is 73.4 cm³/mol. The Balaban J connectivity index is 2.15. The number of oxazole rings is 1. The molecule has 2 rings (SSSR count). The van der Waals surface area contributed by atoms with E-state index in [1.807, 2.05) is 5.32 Å². The van der Waals surface area contributed by atoms with Crippen LogP contribution in [-0.2, 0) is 6.67 Å². The first kappa shape index (κ1) is 14.3. The second kappa shape index (κ2) is 6.33. The summed E-state index contributed by atoms with van der Waals surface area (Å²) in [7, 11) is 0. The molecule has 7 heteroatoms. The number of hydrogen-bond acceptors (Lipinski definition) is 4. The summed E-state index contributed by atoms with van der Waals surface area (Å²) < 4.78 is 6.54. The highest BCUT2D eigenvalue weighted by Gasteiger charge is 2.14. The van der Waals surface area contributed by atoms with Gasteiger partial charge in [-0.3, -0.25) is 10.1 Å². The summed E-state index contributed by atoms with van der Waals surface area (Å²) in [6.45, 7) is 3.55. The number of non-ortho nitro benzene ring substituents is 1. The van der Waals surface area contributed by atoms with Gasteiger partial charge in [-0.05, 0) is 18.9 Å². The normalized spacial score (nSPS) is 11.1. The van der Waals surface area contributed by atoms with Gasteiger partial charge in [-0.15, -0.1) is 0 Å². The van der Waals surface area contributed by atoms with Gasteiger partial charge in [-0.1, -0.05) is 13.3 Å². The largest absolute Gasteiger partial charge is 0.424 e. The molecule has 1 aromatic carbocycles. The quantitative estimate of drug-likeness (QED) is 0.468. The van der Waals surface area contributed by atoms with E-state index in [1.165, 1.54) is 23.1 Å². The highest BCUT2D eigenvalue weighted by atomic mass is 16.6. The second-order valence-electron chi connectivity index (χ2n) is 4.67. The minimum Gasteiger partial charge on any atom is -0.407 e. The molecular weight excluding hydrogens is 262 g/mol. The van der Waals surface area contributed by atoms with E-state index in [1.54, 1.807) is 6.07 Å². The van der Waals surface area contributed by atoms with E-state index in [0.717, 1.165) is 19.4 Å². The fraction of sp³-hybridized carbons (Fsp3) is 0.462. The van der Waals surface area contributed by atoms with Crippen molar-refractivity contribution in [1.82, 2.24) is 4.57 Å². The molecule has 0 aliphatic rings. The molecule has 0 radical (unpaired) electrons. The van der Waals surface area contributed by atoms with Gasteiger partial charge in [0.05, 0.1) is 23.1 Å². The Labute approximate surface area is 115 Å². The fourth-order valence-corrected chi connectivity index (χ4v) is 2.10. The van der Waals surface area contributed by atoms with Gasteiger partial charge in [0.1, 0.15) is 0 Å². The van der Waals surface area contributed by atoms with Gasteiger partial charge < -0.3 is 9.73 Å². The van der Waals surface area contributed by atoms with Crippen LogP contribution in [0.5, 0.6) is 0 Å². The van der Waals surface area contributed by atoms with E-state index < -0.39 is 10.7 Å². The minimum atomic E-state index is -0.506. The summed E-state index contributed by atoms with van der Waals surface area (Å²) in [5.74, 6) is -0.479. The summed E-state index contributed by atoms with van der Waals surface area (Å²) in [5.41, 5.74) is 0.767. The van der Waals surface area contributed by atoms with Gasteiger partial charge in [0, 0.05) is 6.07 Å². The number of benzene rings is 1. The number of nitrogens with two attached hydrogens (primary N) is 1. The fourth-order valence-electron chi connectivity index (χ4n) is 2.10. The number of nitrogens with zero attached hydrogens (tertiary/aromatic N) is 2. The van der Waals surface area contributed by atoms with Crippen LogP contribution in [0, 0.1) is 10.1 Å². The Kier molecular flexibility index (Phi) is 4.52. The van der Waals surface area contributed by atoms with Crippen LogP contribution in [-0.4, -0.2) is 16.0 Å². The smallest absolute Gasteiger partial charge is 0.407 e. The van der Waals surface area contributed by atoms with Crippen molar-refractivity contribution in [1.29, 1.82) is 0 Å². The third kappa shape index (κ3) is 3.05. The number of nitro groups is 1. The monoisotopic (exact) mass is 280 g/mol. The molecule has 108 valence electrons. The van der Waals surface area contributed by atoms with Gasteiger partial charge in [-0.2, -0.15) is 0 Å². The number of unbranched alkanes of at least 4 members (excludes halogenated alkanes) is 2. The zero-order chi connectivity index (χ0) is 14.5. The lowest BCUT2D eigenvalue weighted by Crippen LogP contribution is -2.84. The van der Waals surface area contributed by atoms with E-state index in [4.69, 9.17) is 4.42 Å². The van der Waals surface area contributed by atoms with Gasteiger partial charge in [-0.25, -0.2) is 9.36 Å². The van der Waals surface area contributed by atoms with E-state index in [0.29, 0.717) is 12.2 Å². The predicted octanol–water partition coefficient (Wildman–Crippen LogP) is 1.21. The summed E-state index contributed by atoms with van der Waals surface area (Å²) in [6, 6.07) is 4.22. The Bertz CT molecular complexity index is 659. The molecule has 0 unspecified atom stereocenters. The molecule has 0 atom stereocenters. The maximum absolute atomic E-state index is 11.7. The number of aromatic nitrogens is 1. The maximum atomic E-state index is 11.7. The minimum absolute atomic E-state index is 0.0784. The number of nitro benzene ring substituents is 1. The molecule has 2 N–H and O–H groups in total. The Morgan fingerprint density at radius 3 is 2.90 bits per heavy atom. The third-order valence-corrected chi connectivity index (χ3v) is 3.19. The van der Waals surface area contributed by atoms with Gasteiger partial charge in [0.15, 0.2) is 12.3 Å². The molecule has 2 aromatic rings. The van der Waals surface area contributed by atoms with E-state index in [9.17, 15) is 14.9 Å². The molecule has 20 heavy (non-hydrogen) atoms.